The first-order chi connectivity index (χ1) is 11.6. The third-order valence-corrected chi connectivity index (χ3v) is 13.3. The first kappa shape index (κ1) is 15.5. The molecule has 0 atom stereocenters. The summed E-state index contributed by atoms with van der Waals surface area (Å²) in [5, 5.41) is 0. The Morgan fingerprint density at radius 2 is 0.792 bits per heavy atom. The summed E-state index contributed by atoms with van der Waals surface area (Å²) in [6, 6.07) is 0. The van der Waals surface area contributed by atoms with E-state index < -0.39 is 14.6 Å². The van der Waals surface area contributed by atoms with Gasteiger partial charge in [-0.3, -0.25) is 0 Å². The fourth-order valence-electron chi connectivity index (χ4n) is 8.66. The Morgan fingerprint density at radius 1 is 0.542 bits per heavy atom. The zero-order valence-electron chi connectivity index (χ0n) is 14.6. The van der Waals surface area contributed by atoms with Crippen LogP contribution in [0.1, 0.15) is 77.0 Å². The van der Waals surface area contributed by atoms with E-state index in [0.29, 0.717) is 11.1 Å². The van der Waals surface area contributed by atoms with Crippen molar-refractivity contribution in [1.82, 2.24) is 0 Å². The molecule has 0 unspecified atom stereocenters. The van der Waals surface area contributed by atoms with Gasteiger partial charge in [-0.2, -0.15) is 0 Å². The fraction of sp³-hybridized carbons (Fsp3) is 1.00. The van der Waals surface area contributed by atoms with E-state index in [4.69, 9.17) is 17.1 Å². The minimum atomic E-state index is -2.20. The molecule has 0 radical (unpaired) electrons. The van der Waals surface area contributed by atoms with Crippen LogP contribution in [0.25, 0.3) is 0 Å². The molecule has 2 nitrogen and oxygen atoms in total. The van der Waals surface area contributed by atoms with E-state index in [1.807, 2.05) is 0 Å². The topological polar surface area (TPSA) is 24.7 Å². The molecule has 0 aromatic rings. The monoisotopic (exact) mass is 517 g/mol. The fourth-order valence-corrected chi connectivity index (χ4v) is 14.9. The van der Waals surface area contributed by atoms with Gasteiger partial charge in [-0.25, -0.2) is 0 Å². The van der Waals surface area contributed by atoms with Crippen LogP contribution in [0.5, 0.6) is 0 Å². The molecule has 4 heteroatoms. The molecule has 0 aromatic heterocycles. The molecule has 133 valence electrons. The summed E-state index contributed by atoms with van der Waals surface area (Å²) in [7, 11) is 6.06. The Labute approximate surface area is 155 Å². The maximum absolute atomic E-state index is 6.06. The van der Waals surface area contributed by atoms with Gasteiger partial charge in [0.15, 0.2) is 0 Å². The van der Waals surface area contributed by atoms with Gasteiger partial charge in [0.2, 0.25) is 0 Å². The summed E-state index contributed by atoms with van der Waals surface area (Å²) in [6.45, 7) is 0. The predicted molar refractivity (Wildman–Crippen MR) is 94.3 cm³/mol. The summed E-state index contributed by atoms with van der Waals surface area (Å²) in [5.41, 5.74) is 0.651. The molecule has 0 N–H and O–H groups in total. The van der Waals surface area contributed by atoms with Gasteiger partial charge in [0, 0.05) is 0 Å². The van der Waals surface area contributed by atoms with Gasteiger partial charge in [0.25, 0.3) is 0 Å². The summed E-state index contributed by atoms with van der Waals surface area (Å²) >= 11 is -2.20. The number of rotatable bonds is 2. The third kappa shape index (κ3) is 2.50. The Hall–Kier alpha value is 0.482. The summed E-state index contributed by atoms with van der Waals surface area (Å²) < 4.78 is 11.0. The van der Waals surface area contributed by atoms with Crippen molar-refractivity contribution >= 4 is 9.94 Å². The van der Waals surface area contributed by atoms with Crippen molar-refractivity contribution in [2.75, 3.05) is 0 Å². The van der Waals surface area contributed by atoms with E-state index in [2.05, 4.69) is 0 Å². The molecular formula is C20H30N2ReS. The molecule has 8 bridgehead atoms. The molecule has 8 rings (SSSR count). The van der Waals surface area contributed by atoms with E-state index in [-0.39, 0.29) is 0 Å². The van der Waals surface area contributed by atoms with Crippen LogP contribution in [0.3, 0.4) is 0 Å². The van der Waals surface area contributed by atoms with Crippen LogP contribution in [0.15, 0.2) is 7.14 Å². The zero-order chi connectivity index (χ0) is 15.9. The van der Waals surface area contributed by atoms with Crippen molar-refractivity contribution < 1.29 is 14.6 Å². The van der Waals surface area contributed by atoms with Crippen LogP contribution in [-0.4, -0.2) is 11.1 Å². The molecular weight excluding hydrogens is 487 g/mol. The second-order valence-corrected chi connectivity index (χ2v) is 15.7. The number of hydrogen-bond donors (Lipinski definition) is 0. The van der Waals surface area contributed by atoms with Gasteiger partial charge in [0.05, 0.1) is 0 Å². The average molecular weight is 517 g/mol. The van der Waals surface area contributed by atoms with Crippen molar-refractivity contribution in [2.24, 2.45) is 42.7 Å². The molecule has 8 aliphatic rings. The van der Waals surface area contributed by atoms with E-state index >= 15 is 0 Å². The summed E-state index contributed by atoms with van der Waals surface area (Å²) in [4.78, 5) is 0. The molecule has 0 aromatic carbocycles. The Balaban J connectivity index is 1.33. The van der Waals surface area contributed by atoms with Crippen molar-refractivity contribution in [1.29, 1.82) is 0 Å². The van der Waals surface area contributed by atoms with E-state index in [9.17, 15) is 0 Å². The van der Waals surface area contributed by atoms with Crippen molar-refractivity contribution in [2.45, 2.75) is 88.1 Å². The standard InChI is InChI=1S/2C10H15N.Re.S/c2*11-10-4-7-1-8(5-10)3-9(2-7)6-10;;/h2*7-9H,1-6H2;;. The van der Waals surface area contributed by atoms with Crippen molar-refractivity contribution in [3.05, 3.63) is 0 Å². The maximum atomic E-state index is 6.06. The minimum absolute atomic E-state index is 0.325. The second-order valence-electron chi connectivity index (χ2n) is 10.7. The molecule has 8 fully saturated rings. The molecule has 24 heavy (non-hydrogen) atoms. The Morgan fingerprint density at radius 3 is 1.04 bits per heavy atom. The Bertz CT molecular complexity index is 583. The van der Waals surface area contributed by atoms with Gasteiger partial charge >= 0.3 is 155 Å². The average Bonchev–Trinajstić information content (AvgIpc) is 2.42. The molecule has 0 amide bonds. The zero-order valence-corrected chi connectivity index (χ0v) is 18.2. The predicted octanol–water partition coefficient (Wildman–Crippen LogP) is 6.02. The third-order valence-electron chi connectivity index (χ3n) is 8.51. The van der Waals surface area contributed by atoms with Gasteiger partial charge in [-0.1, -0.05) is 0 Å². The van der Waals surface area contributed by atoms with Crippen LogP contribution in [-0.2, 0) is 14.6 Å². The van der Waals surface area contributed by atoms with Crippen molar-refractivity contribution in [3.8, 4) is 0 Å². The molecule has 0 aliphatic heterocycles. The van der Waals surface area contributed by atoms with Crippen LogP contribution >= 0.6 is 9.94 Å². The molecule has 8 saturated carbocycles. The summed E-state index contributed by atoms with van der Waals surface area (Å²) in [5.74, 6) is 5.94. The Kier molecular flexibility index (Phi) is 3.41. The van der Waals surface area contributed by atoms with Gasteiger partial charge < -0.3 is 0 Å². The first-order valence-corrected chi connectivity index (χ1v) is 16.5. The first-order valence-electron chi connectivity index (χ1n) is 10.4. The van der Waals surface area contributed by atoms with Crippen LogP contribution in [0, 0.1) is 35.5 Å². The van der Waals surface area contributed by atoms with Gasteiger partial charge in [-0.15, -0.1) is 0 Å². The van der Waals surface area contributed by atoms with Gasteiger partial charge in [0.1, 0.15) is 0 Å². The quantitative estimate of drug-likeness (QED) is 0.440. The normalized spacial score (nSPS) is 56.5. The van der Waals surface area contributed by atoms with Crippen LogP contribution in [0.4, 0.5) is 0 Å². The van der Waals surface area contributed by atoms with Gasteiger partial charge in [-0.05, 0) is 0 Å². The van der Waals surface area contributed by atoms with E-state index in [0.717, 1.165) is 35.5 Å². The number of hydrogen-bond acceptors (Lipinski definition) is 3. The van der Waals surface area contributed by atoms with E-state index in [1.165, 1.54) is 77.0 Å². The molecule has 0 heterocycles. The van der Waals surface area contributed by atoms with Crippen LogP contribution < -0.4 is 0 Å². The number of nitrogens with zero attached hydrogens (tertiary/aromatic N) is 2. The molecule has 8 aliphatic carbocycles. The molecule has 0 saturated heterocycles. The molecule has 0 spiro atoms. The van der Waals surface area contributed by atoms with E-state index in [1.54, 1.807) is 0 Å². The SMILES string of the molecule is [S]=[Re](=[N]C12CC3CC(CC(C3)C1)C2)=[N]C12CC3CC(CC(C3)C1)C2. The van der Waals surface area contributed by atoms with Crippen molar-refractivity contribution in [3.63, 3.8) is 0 Å². The summed E-state index contributed by atoms with van der Waals surface area (Å²) in [6.07, 6.45) is 17.4. The van der Waals surface area contributed by atoms with Crippen LogP contribution in [0.2, 0.25) is 0 Å². The second kappa shape index (κ2) is 5.26.